The largest absolute Gasteiger partial charge is 0.300 e. The molecule has 1 aromatic carbocycles. The van der Waals surface area contributed by atoms with E-state index in [1.165, 1.54) is 0 Å². The Morgan fingerprint density at radius 3 is 2.90 bits per heavy atom. The smallest absolute Gasteiger partial charge is 0.252 e. The predicted octanol–water partition coefficient (Wildman–Crippen LogP) is -0.173. The number of hydrogen-bond acceptors (Lipinski definition) is 2. The Labute approximate surface area is 59.1 Å². The van der Waals surface area contributed by atoms with Gasteiger partial charge in [-0.2, -0.15) is 0 Å². The lowest BCUT2D eigenvalue weighted by Crippen LogP contribution is -1.92. The van der Waals surface area contributed by atoms with Gasteiger partial charge in [0.25, 0.3) is 7.98 Å². The van der Waals surface area contributed by atoms with Crippen LogP contribution in [0.4, 0.5) is 0 Å². The molecular weight excluding hydrogens is 125 g/mol. The zero-order chi connectivity index (χ0) is 6.97. The molecular formula is C6H6BN3. The quantitative estimate of drug-likeness (QED) is 0.464. The third-order valence-electron chi connectivity index (χ3n) is 1.52. The molecule has 10 heavy (non-hydrogen) atoms. The van der Waals surface area contributed by atoms with Crippen LogP contribution >= 0.6 is 0 Å². The van der Waals surface area contributed by atoms with Crippen LogP contribution in [0, 0.1) is 0 Å². The summed E-state index contributed by atoms with van der Waals surface area (Å²) in [6.45, 7) is 0. The Morgan fingerprint density at radius 1 is 1.30 bits per heavy atom. The van der Waals surface area contributed by atoms with Crippen LogP contribution in [-0.4, -0.2) is 22.9 Å². The minimum atomic E-state index is 0.949. The van der Waals surface area contributed by atoms with E-state index < -0.39 is 0 Å². The molecule has 0 fully saturated rings. The summed E-state index contributed by atoms with van der Waals surface area (Å²) in [6.07, 6.45) is 0. The van der Waals surface area contributed by atoms with Crippen LogP contribution in [0.15, 0.2) is 24.3 Å². The SMILES string of the molecule is Bn1nnc2ccccc21. The van der Waals surface area contributed by atoms with Crippen LogP contribution in [0.5, 0.6) is 0 Å². The lowest BCUT2D eigenvalue weighted by Gasteiger charge is -1.87. The van der Waals surface area contributed by atoms with Gasteiger partial charge in [-0.1, -0.05) is 17.3 Å². The van der Waals surface area contributed by atoms with E-state index in [-0.39, 0.29) is 0 Å². The topological polar surface area (TPSA) is 30.7 Å². The third-order valence-corrected chi connectivity index (χ3v) is 1.52. The molecule has 2 aromatic rings. The monoisotopic (exact) mass is 131 g/mol. The molecule has 0 N–H and O–H groups in total. The van der Waals surface area contributed by atoms with E-state index >= 15 is 0 Å². The van der Waals surface area contributed by atoms with Crippen molar-refractivity contribution in [1.29, 1.82) is 0 Å². The number of para-hydroxylation sites is 1. The van der Waals surface area contributed by atoms with E-state index in [2.05, 4.69) is 10.3 Å². The first kappa shape index (κ1) is 5.47. The van der Waals surface area contributed by atoms with Gasteiger partial charge in [-0.05, 0) is 12.1 Å². The molecule has 0 saturated heterocycles. The highest BCUT2D eigenvalue weighted by atomic mass is 15.4. The van der Waals surface area contributed by atoms with Gasteiger partial charge in [0.15, 0.2) is 0 Å². The van der Waals surface area contributed by atoms with E-state index in [1.54, 1.807) is 4.59 Å². The van der Waals surface area contributed by atoms with Crippen molar-refractivity contribution >= 4 is 19.0 Å². The summed E-state index contributed by atoms with van der Waals surface area (Å²) in [5.41, 5.74) is 2.02. The average Bonchev–Trinajstić information content (AvgIpc) is 2.34. The lowest BCUT2D eigenvalue weighted by atomic mass is 10.3. The molecule has 0 atom stereocenters. The van der Waals surface area contributed by atoms with Gasteiger partial charge in [0.2, 0.25) is 0 Å². The van der Waals surface area contributed by atoms with Gasteiger partial charge in [-0.25, -0.2) is 0 Å². The Bertz CT molecular complexity index is 355. The maximum Gasteiger partial charge on any atom is 0.252 e. The van der Waals surface area contributed by atoms with Crippen LogP contribution < -0.4 is 0 Å². The van der Waals surface area contributed by atoms with E-state index in [0.29, 0.717) is 0 Å². The fraction of sp³-hybridized carbons (Fsp3) is 0. The summed E-state index contributed by atoms with van der Waals surface area (Å²) in [4.78, 5) is 0. The molecule has 0 aliphatic rings. The fourth-order valence-corrected chi connectivity index (χ4v) is 0.986. The number of hydrogen-bond donors (Lipinski definition) is 0. The van der Waals surface area contributed by atoms with Crippen LogP contribution in [0.25, 0.3) is 11.0 Å². The molecule has 1 heterocycles. The van der Waals surface area contributed by atoms with E-state index in [4.69, 9.17) is 0 Å². The molecule has 3 nitrogen and oxygen atoms in total. The first-order valence-electron chi connectivity index (χ1n) is 3.12. The Hall–Kier alpha value is -1.32. The molecule has 0 amide bonds. The first-order chi connectivity index (χ1) is 4.88. The lowest BCUT2D eigenvalue weighted by molar-refractivity contribution is 0.898. The third kappa shape index (κ3) is 0.619. The van der Waals surface area contributed by atoms with Crippen LogP contribution in [0.1, 0.15) is 0 Å². The van der Waals surface area contributed by atoms with E-state index in [1.807, 2.05) is 32.2 Å². The van der Waals surface area contributed by atoms with Crippen molar-refractivity contribution in [1.82, 2.24) is 14.9 Å². The summed E-state index contributed by atoms with van der Waals surface area (Å²) in [5.74, 6) is 0. The van der Waals surface area contributed by atoms with Crippen LogP contribution in [0.3, 0.4) is 0 Å². The number of aromatic nitrogens is 3. The van der Waals surface area contributed by atoms with Crippen molar-refractivity contribution < 1.29 is 0 Å². The maximum absolute atomic E-state index is 3.93. The number of rotatable bonds is 0. The molecule has 48 valence electrons. The molecule has 0 spiro atoms. The second-order valence-electron chi connectivity index (χ2n) is 2.20. The molecule has 0 radical (unpaired) electrons. The van der Waals surface area contributed by atoms with Crippen molar-refractivity contribution in [3.8, 4) is 0 Å². The highest BCUT2D eigenvalue weighted by Gasteiger charge is 1.95. The number of fused-ring (bicyclic) bond motifs is 1. The summed E-state index contributed by atoms with van der Waals surface area (Å²) in [6, 6.07) is 7.88. The minimum Gasteiger partial charge on any atom is -0.300 e. The fourth-order valence-electron chi connectivity index (χ4n) is 0.986. The minimum absolute atomic E-state index is 0.949. The van der Waals surface area contributed by atoms with Gasteiger partial charge >= 0.3 is 0 Å². The van der Waals surface area contributed by atoms with Crippen LogP contribution in [0.2, 0.25) is 0 Å². The van der Waals surface area contributed by atoms with Gasteiger partial charge in [0.05, 0.1) is 5.52 Å². The van der Waals surface area contributed by atoms with Crippen LogP contribution in [-0.2, 0) is 0 Å². The summed E-state index contributed by atoms with van der Waals surface area (Å²) in [5, 5.41) is 7.79. The molecule has 0 aliphatic carbocycles. The van der Waals surface area contributed by atoms with Gasteiger partial charge in [0.1, 0.15) is 5.52 Å². The van der Waals surface area contributed by atoms with Gasteiger partial charge in [-0.3, -0.25) is 4.59 Å². The normalized spacial score (nSPS) is 10.4. The van der Waals surface area contributed by atoms with E-state index in [0.717, 1.165) is 11.0 Å². The van der Waals surface area contributed by atoms with Gasteiger partial charge in [0, 0.05) is 0 Å². The zero-order valence-corrected chi connectivity index (χ0v) is 5.65. The Morgan fingerprint density at radius 2 is 2.10 bits per heavy atom. The second-order valence-corrected chi connectivity index (χ2v) is 2.20. The molecule has 4 heteroatoms. The summed E-state index contributed by atoms with van der Waals surface area (Å²) >= 11 is 0. The summed E-state index contributed by atoms with van der Waals surface area (Å²) in [7, 11) is 1.88. The first-order valence-corrected chi connectivity index (χ1v) is 3.12. The molecule has 0 bridgehead atoms. The molecule has 0 saturated carbocycles. The van der Waals surface area contributed by atoms with E-state index in [9.17, 15) is 0 Å². The van der Waals surface area contributed by atoms with Crippen molar-refractivity contribution in [3.63, 3.8) is 0 Å². The number of nitrogens with zero attached hydrogens (tertiary/aromatic N) is 3. The average molecular weight is 131 g/mol. The van der Waals surface area contributed by atoms with Gasteiger partial charge in [-0.15, -0.1) is 5.10 Å². The molecule has 0 aliphatic heterocycles. The highest BCUT2D eigenvalue weighted by molar-refractivity contribution is 6.09. The highest BCUT2D eigenvalue weighted by Crippen LogP contribution is 2.06. The molecule has 1 aromatic heterocycles. The number of benzene rings is 1. The van der Waals surface area contributed by atoms with Crippen molar-refractivity contribution in [2.75, 3.05) is 0 Å². The molecule has 2 rings (SSSR count). The maximum atomic E-state index is 3.93. The Balaban J connectivity index is 2.93. The molecule has 0 unspecified atom stereocenters. The predicted molar refractivity (Wildman–Crippen MR) is 41.5 cm³/mol. The van der Waals surface area contributed by atoms with Gasteiger partial charge < -0.3 is 0 Å². The second kappa shape index (κ2) is 1.83. The summed E-state index contributed by atoms with van der Waals surface area (Å²) < 4.78 is 1.76. The van der Waals surface area contributed by atoms with Crippen molar-refractivity contribution in [2.24, 2.45) is 0 Å². The Kier molecular flexibility index (Phi) is 1.00. The van der Waals surface area contributed by atoms with Crippen molar-refractivity contribution in [3.05, 3.63) is 24.3 Å². The zero-order valence-electron chi connectivity index (χ0n) is 5.65. The van der Waals surface area contributed by atoms with Crippen molar-refractivity contribution in [2.45, 2.75) is 0 Å². The standard InChI is InChI=1S/C6H6BN3/c7-10-6-4-2-1-3-5(6)8-9-10/h1-4H,7H2.